The van der Waals surface area contributed by atoms with Crippen molar-refractivity contribution in [3.63, 3.8) is 0 Å². The lowest BCUT2D eigenvalue weighted by atomic mass is 10.1. The summed E-state index contributed by atoms with van der Waals surface area (Å²) in [5.41, 5.74) is 1.19. The molecule has 2 rings (SSSR count). The van der Waals surface area contributed by atoms with Crippen LogP contribution in [0.25, 0.3) is 0 Å². The Balaban J connectivity index is 2.07. The Morgan fingerprint density at radius 1 is 1.43 bits per heavy atom. The highest BCUT2D eigenvalue weighted by Gasteiger charge is 2.24. The summed E-state index contributed by atoms with van der Waals surface area (Å²) in [6.07, 6.45) is 5.29. The van der Waals surface area contributed by atoms with Crippen LogP contribution >= 0.6 is 11.8 Å². The van der Waals surface area contributed by atoms with Gasteiger partial charge >= 0.3 is 5.97 Å². The predicted molar refractivity (Wildman–Crippen MR) is 88.4 cm³/mol. The molecule has 1 aromatic rings. The summed E-state index contributed by atoms with van der Waals surface area (Å²) >= 11 is 2.02. The average Bonchev–Trinajstić information content (AvgIpc) is 2.86. The number of aryl methyl sites for hydroxylation is 1. The van der Waals surface area contributed by atoms with Crippen LogP contribution in [0.1, 0.15) is 55.6 Å². The number of pyridine rings is 1. The van der Waals surface area contributed by atoms with Crippen LogP contribution < -0.4 is 5.32 Å². The zero-order valence-corrected chi connectivity index (χ0v) is 13.6. The number of hydrogen-bond donors (Lipinski definition) is 2. The van der Waals surface area contributed by atoms with Crippen LogP contribution in [-0.2, 0) is 6.42 Å². The van der Waals surface area contributed by atoms with Gasteiger partial charge in [-0.2, -0.15) is 11.8 Å². The Morgan fingerprint density at radius 3 is 2.90 bits per heavy atom. The third-order valence-electron chi connectivity index (χ3n) is 3.77. The van der Waals surface area contributed by atoms with Crippen molar-refractivity contribution in [2.24, 2.45) is 0 Å². The molecule has 2 unspecified atom stereocenters. The Morgan fingerprint density at radius 2 is 2.24 bits per heavy atom. The highest BCUT2D eigenvalue weighted by molar-refractivity contribution is 7.99. The maximum Gasteiger partial charge on any atom is 0.335 e. The molecule has 0 spiro atoms. The van der Waals surface area contributed by atoms with E-state index in [0.29, 0.717) is 17.4 Å². The number of nitrogens with one attached hydrogen (secondary N) is 1. The Bertz CT molecular complexity index is 493. The standard InChI is InChI=1S/C16H24N2O2S/c1-3-5-12-8-11(16(19)20)9-15(17-12)18-13-6-7-14(10-13)21-4-2/h8-9,13-14H,3-7,10H2,1-2H3,(H,17,18)(H,19,20). The second-order valence-corrected chi connectivity index (χ2v) is 7.10. The van der Waals surface area contributed by atoms with E-state index in [9.17, 15) is 9.90 Å². The second kappa shape index (κ2) is 7.69. The largest absolute Gasteiger partial charge is 0.478 e. The lowest BCUT2D eigenvalue weighted by Gasteiger charge is -2.15. The van der Waals surface area contributed by atoms with Gasteiger partial charge < -0.3 is 10.4 Å². The van der Waals surface area contributed by atoms with Gasteiger partial charge in [-0.15, -0.1) is 0 Å². The highest BCUT2D eigenvalue weighted by Crippen LogP contribution is 2.31. The third kappa shape index (κ3) is 4.63. The molecule has 0 saturated heterocycles. The van der Waals surface area contributed by atoms with Crippen molar-refractivity contribution in [2.45, 2.75) is 57.2 Å². The van der Waals surface area contributed by atoms with E-state index in [-0.39, 0.29) is 0 Å². The summed E-state index contributed by atoms with van der Waals surface area (Å²) in [5.74, 6) is 0.985. The van der Waals surface area contributed by atoms with E-state index in [2.05, 4.69) is 24.1 Å². The number of thioether (sulfide) groups is 1. The predicted octanol–water partition coefficient (Wildman–Crippen LogP) is 3.82. The summed E-state index contributed by atoms with van der Waals surface area (Å²) in [6, 6.07) is 3.75. The number of anilines is 1. The minimum Gasteiger partial charge on any atom is -0.478 e. The van der Waals surface area contributed by atoms with Gasteiger partial charge in [-0.05, 0) is 43.6 Å². The fourth-order valence-electron chi connectivity index (χ4n) is 2.84. The first-order chi connectivity index (χ1) is 10.1. The van der Waals surface area contributed by atoms with E-state index >= 15 is 0 Å². The van der Waals surface area contributed by atoms with Crippen LogP contribution in [0.4, 0.5) is 5.82 Å². The topological polar surface area (TPSA) is 62.2 Å². The van der Waals surface area contributed by atoms with Gasteiger partial charge in [-0.3, -0.25) is 0 Å². The maximum absolute atomic E-state index is 11.2. The molecule has 1 aliphatic carbocycles. The van der Waals surface area contributed by atoms with Crippen molar-refractivity contribution in [1.82, 2.24) is 4.98 Å². The van der Waals surface area contributed by atoms with Crippen molar-refractivity contribution in [3.8, 4) is 0 Å². The first kappa shape index (κ1) is 16.1. The SMILES string of the molecule is CCCc1cc(C(=O)O)cc(NC2CCC(SCC)C2)n1. The lowest BCUT2D eigenvalue weighted by Crippen LogP contribution is -2.18. The molecule has 0 radical (unpaired) electrons. The number of carbonyl (C=O) groups is 1. The van der Waals surface area contributed by atoms with Gasteiger partial charge in [0.2, 0.25) is 0 Å². The monoisotopic (exact) mass is 308 g/mol. The number of nitrogens with zero attached hydrogens (tertiary/aromatic N) is 1. The molecule has 5 heteroatoms. The number of hydrogen-bond acceptors (Lipinski definition) is 4. The molecule has 1 heterocycles. The first-order valence-corrected chi connectivity index (χ1v) is 8.79. The van der Waals surface area contributed by atoms with Crippen LogP contribution in [0, 0.1) is 0 Å². The van der Waals surface area contributed by atoms with Crippen molar-refractivity contribution in [3.05, 3.63) is 23.4 Å². The molecule has 116 valence electrons. The minimum absolute atomic E-state index is 0.327. The summed E-state index contributed by atoms with van der Waals surface area (Å²) in [6.45, 7) is 4.27. The lowest BCUT2D eigenvalue weighted by molar-refractivity contribution is 0.0696. The van der Waals surface area contributed by atoms with Crippen molar-refractivity contribution >= 4 is 23.5 Å². The molecule has 0 aliphatic heterocycles. The van der Waals surface area contributed by atoms with Gasteiger partial charge in [-0.25, -0.2) is 9.78 Å². The van der Waals surface area contributed by atoms with E-state index in [0.717, 1.165) is 42.4 Å². The molecule has 2 atom stereocenters. The summed E-state index contributed by atoms with van der Waals surface area (Å²) in [5, 5.41) is 13.4. The van der Waals surface area contributed by atoms with Gasteiger partial charge in [0, 0.05) is 17.0 Å². The fraction of sp³-hybridized carbons (Fsp3) is 0.625. The Labute approximate surface area is 130 Å². The first-order valence-electron chi connectivity index (χ1n) is 7.74. The van der Waals surface area contributed by atoms with Gasteiger partial charge in [0.25, 0.3) is 0 Å². The zero-order chi connectivity index (χ0) is 15.2. The molecule has 1 aliphatic rings. The van der Waals surface area contributed by atoms with E-state index in [4.69, 9.17) is 0 Å². The summed E-state index contributed by atoms with van der Waals surface area (Å²) in [4.78, 5) is 15.8. The molecule has 1 saturated carbocycles. The molecule has 4 nitrogen and oxygen atoms in total. The summed E-state index contributed by atoms with van der Waals surface area (Å²) in [7, 11) is 0. The van der Waals surface area contributed by atoms with Crippen molar-refractivity contribution in [1.29, 1.82) is 0 Å². The number of carboxylic acids is 1. The average molecular weight is 308 g/mol. The van der Waals surface area contributed by atoms with Gasteiger partial charge in [0.15, 0.2) is 0 Å². The van der Waals surface area contributed by atoms with Crippen LogP contribution in [0.15, 0.2) is 12.1 Å². The number of carboxylic acid groups (broad SMARTS) is 1. The van der Waals surface area contributed by atoms with Crippen LogP contribution in [0.5, 0.6) is 0 Å². The quantitative estimate of drug-likeness (QED) is 0.802. The molecule has 21 heavy (non-hydrogen) atoms. The van der Waals surface area contributed by atoms with Crippen molar-refractivity contribution < 1.29 is 9.90 Å². The maximum atomic E-state index is 11.2. The normalized spacial score (nSPS) is 21.4. The van der Waals surface area contributed by atoms with E-state index in [1.807, 2.05) is 11.8 Å². The van der Waals surface area contributed by atoms with Gasteiger partial charge in [0.05, 0.1) is 5.56 Å². The zero-order valence-electron chi connectivity index (χ0n) is 12.8. The molecule has 1 aromatic heterocycles. The number of rotatable bonds is 7. The molecule has 0 amide bonds. The molecule has 2 N–H and O–H groups in total. The van der Waals surface area contributed by atoms with Gasteiger partial charge in [-0.1, -0.05) is 20.3 Å². The van der Waals surface area contributed by atoms with Crippen molar-refractivity contribution in [2.75, 3.05) is 11.1 Å². The molecule has 1 fully saturated rings. The van der Waals surface area contributed by atoms with Crippen LogP contribution in [-0.4, -0.2) is 33.1 Å². The number of aromatic carboxylic acids is 1. The number of aromatic nitrogens is 1. The molecular weight excluding hydrogens is 284 g/mol. The second-order valence-electron chi connectivity index (χ2n) is 5.52. The highest BCUT2D eigenvalue weighted by atomic mass is 32.2. The van der Waals surface area contributed by atoms with E-state index < -0.39 is 5.97 Å². The van der Waals surface area contributed by atoms with E-state index in [1.165, 1.54) is 6.42 Å². The van der Waals surface area contributed by atoms with Crippen LogP contribution in [0.3, 0.4) is 0 Å². The Kier molecular flexibility index (Phi) is 5.91. The van der Waals surface area contributed by atoms with Gasteiger partial charge in [0.1, 0.15) is 5.82 Å². The smallest absolute Gasteiger partial charge is 0.335 e. The molecule has 0 aromatic carbocycles. The van der Waals surface area contributed by atoms with E-state index in [1.54, 1.807) is 12.1 Å². The molecular formula is C16H24N2O2S. The molecule has 0 bridgehead atoms. The fourth-order valence-corrected chi connectivity index (χ4v) is 3.98. The minimum atomic E-state index is -0.886. The Hall–Kier alpha value is -1.23. The third-order valence-corrected chi connectivity index (χ3v) is 5.00. The van der Waals surface area contributed by atoms with Crippen LogP contribution in [0.2, 0.25) is 0 Å². The summed E-state index contributed by atoms with van der Waals surface area (Å²) < 4.78 is 0.